The van der Waals surface area contributed by atoms with Crippen molar-refractivity contribution in [1.82, 2.24) is 5.32 Å². The molecular formula is C11H13FN2O3. The molecule has 0 bridgehead atoms. The van der Waals surface area contributed by atoms with Gasteiger partial charge in [-0.1, -0.05) is 12.1 Å². The lowest BCUT2D eigenvalue weighted by Crippen LogP contribution is -2.41. The van der Waals surface area contributed by atoms with Crippen molar-refractivity contribution in [2.75, 3.05) is 0 Å². The molecule has 1 rings (SSSR count). The first-order valence-corrected chi connectivity index (χ1v) is 4.98. The third-order valence-electron chi connectivity index (χ3n) is 2.11. The van der Waals surface area contributed by atoms with Gasteiger partial charge in [-0.25, -0.2) is 4.39 Å². The zero-order valence-electron chi connectivity index (χ0n) is 9.02. The summed E-state index contributed by atoms with van der Waals surface area (Å²) >= 11 is 0. The SMILES string of the molecule is NC(CC(=O)O)C(=O)NCc1ccc(F)cc1. The molecule has 17 heavy (non-hydrogen) atoms. The molecule has 0 radical (unpaired) electrons. The number of halogens is 1. The minimum atomic E-state index is -1.13. The Bertz CT molecular complexity index is 406. The number of carbonyl (C=O) groups is 2. The highest BCUT2D eigenvalue weighted by Crippen LogP contribution is 2.02. The van der Waals surface area contributed by atoms with E-state index in [1.807, 2.05) is 0 Å². The molecule has 0 aliphatic rings. The third-order valence-corrected chi connectivity index (χ3v) is 2.11. The molecule has 0 fully saturated rings. The predicted octanol–water partition coefficient (Wildman–Crippen LogP) is 0.244. The summed E-state index contributed by atoms with van der Waals surface area (Å²) in [6.45, 7) is 0.187. The Kier molecular flexibility index (Phi) is 4.59. The Morgan fingerprint density at radius 2 is 1.94 bits per heavy atom. The number of carboxylic acid groups (broad SMARTS) is 1. The Hall–Kier alpha value is -1.95. The molecule has 0 aromatic heterocycles. The van der Waals surface area contributed by atoms with Crippen molar-refractivity contribution in [1.29, 1.82) is 0 Å². The number of benzene rings is 1. The number of hydrogen-bond donors (Lipinski definition) is 3. The molecule has 1 atom stereocenters. The van der Waals surface area contributed by atoms with Crippen molar-refractivity contribution in [3.63, 3.8) is 0 Å². The molecule has 92 valence electrons. The van der Waals surface area contributed by atoms with Gasteiger partial charge in [-0.3, -0.25) is 9.59 Å². The first kappa shape index (κ1) is 13.1. The summed E-state index contributed by atoms with van der Waals surface area (Å²) in [5.41, 5.74) is 6.06. The van der Waals surface area contributed by atoms with Crippen LogP contribution in [0.15, 0.2) is 24.3 Å². The Morgan fingerprint density at radius 3 is 2.47 bits per heavy atom. The monoisotopic (exact) mass is 240 g/mol. The van der Waals surface area contributed by atoms with Gasteiger partial charge >= 0.3 is 5.97 Å². The van der Waals surface area contributed by atoms with Gasteiger partial charge in [0, 0.05) is 6.54 Å². The van der Waals surface area contributed by atoms with Crippen LogP contribution >= 0.6 is 0 Å². The van der Waals surface area contributed by atoms with Crippen molar-refractivity contribution >= 4 is 11.9 Å². The van der Waals surface area contributed by atoms with E-state index >= 15 is 0 Å². The smallest absolute Gasteiger partial charge is 0.305 e. The van der Waals surface area contributed by atoms with E-state index in [0.717, 1.165) is 0 Å². The molecule has 0 aliphatic carbocycles. The van der Waals surface area contributed by atoms with Crippen LogP contribution in [0.5, 0.6) is 0 Å². The first-order valence-electron chi connectivity index (χ1n) is 4.98. The normalized spacial score (nSPS) is 11.9. The molecule has 1 aromatic rings. The maximum absolute atomic E-state index is 12.6. The number of rotatable bonds is 5. The van der Waals surface area contributed by atoms with Crippen LogP contribution in [0.4, 0.5) is 4.39 Å². The topological polar surface area (TPSA) is 92.4 Å². The van der Waals surface area contributed by atoms with Crippen molar-refractivity contribution in [3.05, 3.63) is 35.6 Å². The fourth-order valence-corrected chi connectivity index (χ4v) is 1.20. The molecule has 1 amide bonds. The summed E-state index contributed by atoms with van der Waals surface area (Å²) in [7, 11) is 0. The molecule has 0 saturated heterocycles. The van der Waals surface area contributed by atoms with Crippen molar-refractivity contribution in [2.24, 2.45) is 5.73 Å². The van der Waals surface area contributed by atoms with Crippen LogP contribution in [-0.4, -0.2) is 23.0 Å². The fraction of sp³-hybridized carbons (Fsp3) is 0.273. The van der Waals surface area contributed by atoms with Crippen molar-refractivity contribution in [3.8, 4) is 0 Å². The van der Waals surface area contributed by atoms with Gasteiger partial charge in [0.25, 0.3) is 0 Å². The van der Waals surface area contributed by atoms with Gasteiger partial charge in [0.15, 0.2) is 0 Å². The van der Waals surface area contributed by atoms with Gasteiger partial charge in [-0.2, -0.15) is 0 Å². The molecule has 0 aliphatic heterocycles. The fourth-order valence-electron chi connectivity index (χ4n) is 1.20. The zero-order chi connectivity index (χ0) is 12.8. The Morgan fingerprint density at radius 1 is 1.35 bits per heavy atom. The van der Waals surface area contributed by atoms with E-state index < -0.39 is 24.3 Å². The number of amides is 1. The summed E-state index contributed by atoms with van der Waals surface area (Å²) < 4.78 is 12.6. The van der Waals surface area contributed by atoms with Gasteiger partial charge in [0.2, 0.25) is 5.91 Å². The van der Waals surface area contributed by atoms with Crippen LogP contribution in [0.25, 0.3) is 0 Å². The average Bonchev–Trinajstić information content (AvgIpc) is 2.27. The summed E-state index contributed by atoms with van der Waals surface area (Å²) in [6, 6.07) is 4.53. The maximum Gasteiger partial charge on any atom is 0.305 e. The lowest BCUT2D eigenvalue weighted by molar-refractivity contribution is -0.139. The van der Waals surface area contributed by atoms with Crippen LogP contribution in [0.3, 0.4) is 0 Å². The molecule has 6 heteroatoms. The number of aliphatic carboxylic acids is 1. The van der Waals surface area contributed by atoms with Gasteiger partial charge in [-0.15, -0.1) is 0 Å². The number of carbonyl (C=O) groups excluding carboxylic acids is 1. The lowest BCUT2D eigenvalue weighted by Gasteiger charge is -2.10. The highest BCUT2D eigenvalue weighted by atomic mass is 19.1. The quantitative estimate of drug-likeness (QED) is 0.687. The second-order valence-corrected chi connectivity index (χ2v) is 3.55. The van der Waals surface area contributed by atoms with Crippen LogP contribution in [-0.2, 0) is 16.1 Å². The van der Waals surface area contributed by atoms with E-state index in [4.69, 9.17) is 10.8 Å². The summed E-state index contributed by atoms with van der Waals surface area (Å²) in [4.78, 5) is 21.7. The number of nitrogens with one attached hydrogen (secondary N) is 1. The molecule has 4 N–H and O–H groups in total. The van der Waals surface area contributed by atoms with Crippen LogP contribution < -0.4 is 11.1 Å². The number of nitrogens with two attached hydrogens (primary N) is 1. The van der Waals surface area contributed by atoms with Gasteiger partial charge < -0.3 is 16.2 Å². The van der Waals surface area contributed by atoms with E-state index in [2.05, 4.69) is 5.32 Å². The first-order chi connectivity index (χ1) is 7.99. The van der Waals surface area contributed by atoms with Crippen molar-refractivity contribution in [2.45, 2.75) is 19.0 Å². The van der Waals surface area contributed by atoms with Crippen molar-refractivity contribution < 1.29 is 19.1 Å². The second kappa shape index (κ2) is 5.95. The van der Waals surface area contributed by atoms with E-state index in [0.29, 0.717) is 5.56 Å². The van der Waals surface area contributed by atoms with E-state index in [1.54, 1.807) is 0 Å². The molecular weight excluding hydrogens is 227 g/mol. The van der Waals surface area contributed by atoms with E-state index in [-0.39, 0.29) is 12.4 Å². The molecule has 0 heterocycles. The molecule has 0 saturated carbocycles. The Labute approximate surface area is 97.4 Å². The largest absolute Gasteiger partial charge is 0.481 e. The van der Waals surface area contributed by atoms with E-state index in [9.17, 15) is 14.0 Å². The predicted molar refractivity (Wildman–Crippen MR) is 58.5 cm³/mol. The van der Waals surface area contributed by atoms with Crippen LogP contribution in [0.2, 0.25) is 0 Å². The van der Waals surface area contributed by atoms with Gasteiger partial charge in [0.05, 0.1) is 12.5 Å². The zero-order valence-corrected chi connectivity index (χ0v) is 9.02. The van der Waals surface area contributed by atoms with E-state index in [1.165, 1.54) is 24.3 Å². The average molecular weight is 240 g/mol. The molecule has 5 nitrogen and oxygen atoms in total. The molecule has 1 aromatic carbocycles. The summed E-state index contributed by atoms with van der Waals surface area (Å²) in [5, 5.41) is 10.9. The van der Waals surface area contributed by atoms with Crippen LogP contribution in [0, 0.1) is 5.82 Å². The summed E-state index contributed by atoms with van der Waals surface area (Å²) in [6.07, 6.45) is -0.421. The number of hydrogen-bond acceptors (Lipinski definition) is 3. The van der Waals surface area contributed by atoms with Gasteiger partial charge in [0.1, 0.15) is 5.82 Å². The highest BCUT2D eigenvalue weighted by molar-refractivity contribution is 5.85. The third kappa shape index (κ3) is 4.60. The lowest BCUT2D eigenvalue weighted by atomic mass is 10.2. The van der Waals surface area contributed by atoms with Crippen LogP contribution in [0.1, 0.15) is 12.0 Å². The second-order valence-electron chi connectivity index (χ2n) is 3.55. The number of carboxylic acids is 1. The molecule has 0 spiro atoms. The standard InChI is InChI=1S/C11H13FN2O3/c12-8-3-1-7(2-4-8)6-14-11(17)9(13)5-10(15)16/h1-4,9H,5-6,13H2,(H,14,17)(H,15,16). The maximum atomic E-state index is 12.6. The minimum absolute atomic E-state index is 0.187. The van der Waals surface area contributed by atoms with Gasteiger partial charge in [-0.05, 0) is 17.7 Å². The highest BCUT2D eigenvalue weighted by Gasteiger charge is 2.16. The Balaban J connectivity index is 2.42. The summed E-state index contributed by atoms with van der Waals surface area (Å²) in [5.74, 6) is -2.03. The molecule has 1 unspecified atom stereocenters. The minimum Gasteiger partial charge on any atom is -0.481 e.